The Morgan fingerprint density at radius 3 is 2.65 bits per heavy atom. The lowest BCUT2D eigenvalue weighted by Gasteiger charge is -2.40. The molecule has 0 aromatic heterocycles. The lowest BCUT2D eigenvalue weighted by atomic mass is 9.79. The van der Waals surface area contributed by atoms with Gasteiger partial charge in [0.2, 0.25) is 0 Å². The lowest BCUT2D eigenvalue weighted by Crippen LogP contribution is -2.47. The maximum atomic E-state index is 13.2. The summed E-state index contributed by atoms with van der Waals surface area (Å²) in [6.07, 6.45) is 3.54. The van der Waals surface area contributed by atoms with Crippen LogP contribution >= 0.6 is 11.6 Å². The molecule has 0 aliphatic carbocycles. The fourth-order valence-electron chi connectivity index (χ4n) is 4.57. The number of hydrogen-bond donors (Lipinski definition) is 0. The van der Waals surface area contributed by atoms with Crippen molar-refractivity contribution in [3.05, 3.63) is 59.1 Å². The van der Waals surface area contributed by atoms with Gasteiger partial charge in [0.05, 0.1) is 0 Å². The van der Waals surface area contributed by atoms with E-state index < -0.39 is 0 Å². The van der Waals surface area contributed by atoms with Gasteiger partial charge >= 0.3 is 0 Å². The largest absolute Gasteiger partial charge is 0.338 e. The zero-order chi connectivity index (χ0) is 18.1. The molecule has 2 fully saturated rings. The molecule has 2 aromatic carbocycles. The molecule has 2 saturated heterocycles. The van der Waals surface area contributed by atoms with Crippen LogP contribution in [0.25, 0.3) is 11.1 Å². The van der Waals surface area contributed by atoms with Crippen LogP contribution < -0.4 is 0 Å². The van der Waals surface area contributed by atoms with Gasteiger partial charge in [0.15, 0.2) is 0 Å². The number of nitrogens with zero attached hydrogens (tertiary/aromatic N) is 2. The minimum absolute atomic E-state index is 0.146. The van der Waals surface area contributed by atoms with E-state index in [-0.39, 0.29) is 5.91 Å². The van der Waals surface area contributed by atoms with Gasteiger partial charge in [-0.3, -0.25) is 4.79 Å². The molecule has 4 heteroatoms. The highest BCUT2D eigenvalue weighted by molar-refractivity contribution is 6.33. The second-order valence-electron chi connectivity index (χ2n) is 7.88. The Bertz CT molecular complexity index is 817. The monoisotopic (exact) mass is 368 g/mol. The third-order valence-corrected chi connectivity index (χ3v) is 6.20. The fourth-order valence-corrected chi connectivity index (χ4v) is 4.82. The van der Waals surface area contributed by atoms with Crippen LogP contribution in [0.15, 0.2) is 48.5 Å². The van der Waals surface area contributed by atoms with E-state index in [4.69, 9.17) is 11.6 Å². The second-order valence-corrected chi connectivity index (χ2v) is 8.29. The standard InChI is InChI=1S/C22H25ClN2O/c1-24-13-11-22(15-24)10-5-12-25(16-22)21(26)18-7-4-6-17(14-18)19-8-2-3-9-20(19)23/h2-4,6-9,14H,5,10-13,15-16H2,1H3/t22-/m0/s1. The molecule has 0 radical (unpaired) electrons. The van der Waals surface area contributed by atoms with E-state index >= 15 is 0 Å². The summed E-state index contributed by atoms with van der Waals surface area (Å²) in [4.78, 5) is 17.6. The zero-order valence-corrected chi connectivity index (χ0v) is 16.0. The zero-order valence-electron chi connectivity index (χ0n) is 15.2. The predicted octanol–water partition coefficient (Wildman–Crippen LogP) is 4.56. The number of rotatable bonds is 2. The van der Waals surface area contributed by atoms with Crippen LogP contribution in [-0.4, -0.2) is 48.9 Å². The molecule has 0 N–H and O–H groups in total. The summed E-state index contributed by atoms with van der Waals surface area (Å²) >= 11 is 6.33. The van der Waals surface area contributed by atoms with Crippen molar-refractivity contribution in [1.82, 2.24) is 9.80 Å². The average molecular weight is 369 g/mol. The third kappa shape index (κ3) is 3.38. The molecule has 2 aliphatic rings. The summed E-state index contributed by atoms with van der Waals surface area (Å²) < 4.78 is 0. The van der Waals surface area contributed by atoms with Gasteiger partial charge in [-0.1, -0.05) is 41.9 Å². The van der Waals surface area contributed by atoms with Gasteiger partial charge in [-0.15, -0.1) is 0 Å². The van der Waals surface area contributed by atoms with Crippen molar-refractivity contribution >= 4 is 17.5 Å². The minimum atomic E-state index is 0.146. The number of carbonyl (C=O) groups is 1. The molecule has 0 saturated carbocycles. The molecule has 2 aromatic rings. The molecular formula is C22H25ClN2O. The molecule has 1 atom stereocenters. The molecule has 4 rings (SSSR count). The first-order valence-corrected chi connectivity index (χ1v) is 9.77. The first kappa shape index (κ1) is 17.6. The number of hydrogen-bond acceptors (Lipinski definition) is 2. The number of halogens is 1. The van der Waals surface area contributed by atoms with Gasteiger partial charge in [-0.05, 0) is 56.6 Å². The first-order valence-electron chi connectivity index (χ1n) is 9.39. The molecule has 0 unspecified atom stereocenters. The van der Waals surface area contributed by atoms with Crippen molar-refractivity contribution in [1.29, 1.82) is 0 Å². The smallest absolute Gasteiger partial charge is 0.253 e. The molecule has 3 nitrogen and oxygen atoms in total. The topological polar surface area (TPSA) is 23.6 Å². The van der Waals surface area contributed by atoms with Crippen LogP contribution in [0.2, 0.25) is 5.02 Å². The SMILES string of the molecule is CN1CC[C@@]2(CCCN(C(=O)c3cccc(-c4ccccc4Cl)c3)C2)C1. The number of piperidine rings is 1. The second kappa shape index (κ2) is 7.05. The highest BCUT2D eigenvalue weighted by atomic mass is 35.5. The van der Waals surface area contributed by atoms with E-state index in [2.05, 4.69) is 16.8 Å². The lowest BCUT2D eigenvalue weighted by molar-refractivity contribution is 0.0534. The van der Waals surface area contributed by atoms with Gasteiger partial charge < -0.3 is 9.80 Å². The summed E-state index contributed by atoms with van der Waals surface area (Å²) in [7, 11) is 2.18. The number of amides is 1. The molecule has 1 amide bonds. The Balaban J connectivity index is 1.57. The summed E-state index contributed by atoms with van der Waals surface area (Å²) in [5.41, 5.74) is 3.01. The maximum absolute atomic E-state index is 13.2. The van der Waals surface area contributed by atoms with E-state index in [0.717, 1.165) is 49.3 Å². The molecular weight excluding hydrogens is 344 g/mol. The Morgan fingerprint density at radius 2 is 1.88 bits per heavy atom. The van der Waals surface area contributed by atoms with Gasteiger partial charge in [0, 0.05) is 41.2 Å². The van der Waals surface area contributed by atoms with Crippen molar-refractivity contribution in [2.24, 2.45) is 5.41 Å². The molecule has 136 valence electrons. The van der Waals surface area contributed by atoms with Crippen LogP contribution in [0.5, 0.6) is 0 Å². The Kier molecular flexibility index (Phi) is 4.76. The normalized spacial score (nSPS) is 23.5. The Hall–Kier alpha value is -1.84. The summed E-state index contributed by atoms with van der Waals surface area (Å²) in [5, 5.41) is 0.711. The quantitative estimate of drug-likeness (QED) is 0.775. The minimum Gasteiger partial charge on any atom is -0.338 e. The maximum Gasteiger partial charge on any atom is 0.253 e. The fraction of sp³-hybridized carbons (Fsp3) is 0.409. The van der Waals surface area contributed by atoms with Crippen LogP contribution in [0.3, 0.4) is 0 Å². The van der Waals surface area contributed by atoms with Crippen LogP contribution in [-0.2, 0) is 0 Å². The third-order valence-electron chi connectivity index (χ3n) is 5.87. The number of carbonyl (C=O) groups excluding carboxylic acids is 1. The van der Waals surface area contributed by atoms with Crippen LogP contribution in [0.1, 0.15) is 29.6 Å². The predicted molar refractivity (Wildman–Crippen MR) is 107 cm³/mol. The summed E-state index contributed by atoms with van der Waals surface area (Å²) in [6, 6.07) is 15.6. The molecule has 1 spiro atoms. The molecule has 26 heavy (non-hydrogen) atoms. The molecule has 2 aliphatic heterocycles. The van der Waals surface area contributed by atoms with Crippen molar-refractivity contribution in [3.8, 4) is 11.1 Å². The molecule has 2 heterocycles. The van der Waals surface area contributed by atoms with Crippen LogP contribution in [0, 0.1) is 5.41 Å². The Labute approximate surface area is 160 Å². The van der Waals surface area contributed by atoms with E-state index in [9.17, 15) is 4.79 Å². The van der Waals surface area contributed by atoms with E-state index in [1.165, 1.54) is 12.8 Å². The van der Waals surface area contributed by atoms with E-state index in [1.54, 1.807) is 0 Å². The van der Waals surface area contributed by atoms with Crippen LogP contribution in [0.4, 0.5) is 0 Å². The van der Waals surface area contributed by atoms with Crippen molar-refractivity contribution in [2.45, 2.75) is 19.3 Å². The van der Waals surface area contributed by atoms with Crippen molar-refractivity contribution < 1.29 is 4.79 Å². The molecule has 0 bridgehead atoms. The van der Waals surface area contributed by atoms with Gasteiger partial charge in [0.1, 0.15) is 0 Å². The highest BCUT2D eigenvalue weighted by Crippen LogP contribution is 2.39. The van der Waals surface area contributed by atoms with Crippen molar-refractivity contribution in [2.75, 3.05) is 33.2 Å². The summed E-state index contributed by atoms with van der Waals surface area (Å²) in [6.45, 7) is 3.99. The van der Waals surface area contributed by atoms with Gasteiger partial charge in [0.25, 0.3) is 5.91 Å². The summed E-state index contributed by atoms with van der Waals surface area (Å²) in [5.74, 6) is 0.146. The van der Waals surface area contributed by atoms with E-state index in [0.29, 0.717) is 10.4 Å². The Morgan fingerprint density at radius 1 is 1.04 bits per heavy atom. The van der Waals surface area contributed by atoms with Gasteiger partial charge in [-0.25, -0.2) is 0 Å². The van der Waals surface area contributed by atoms with Crippen molar-refractivity contribution in [3.63, 3.8) is 0 Å². The number of likely N-dealkylation sites (tertiary alicyclic amines) is 2. The first-order chi connectivity index (χ1) is 12.6. The van der Waals surface area contributed by atoms with Gasteiger partial charge in [-0.2, -0.15) is 0 Å². The average Bonchev–Trinajstić information content (AvgIpc) is 3.01. The number of benzene rings is 2. The highest BCUT2D eigenvalue weighted by Gasteiger charge is 2.41. The van der Waals surface area contributed by atoms with E-state index in [1.807, 2.05) is 48.5 Å².